The van der Waals surface area contributed by atoms with Crippen LogP contribution in [0.25, 0.3) is 0 Å². The van der Waals surface area contributed by atoms with Gasteiger partial charge in [0.25, 0.3) is 5.91 Å². The van der Waals surface area contributed by atoms with Crippen molar-refractivity contribution in [1.29, 1.82) is 0 Å². The highest BCUT2D eigenvalue weighted by atomic mass is 16.2. The average Bonchev–Trinajstić information content (AvgIpc) is 3.34. The van der Waals surface area contributed by atoms with E-state index in [4.69, 9.17) is 0 Å². The van der Waals surface area contributed by atoms with Gasteiger partial charge in [0.2, 0.25) is 5.91 Å². The minimum Gasteiger partial charge on any atom is -0.323 e. The van der Waals surface area contributed by atoms with Crippen LogP contribution in [0.2, 0.25) is 0 Å². The number of nitrogens with zero attached hydrogens (tertiary/aromatic N) is 3. The lowest BCUT2D eigenvalue weighted by atomic mass is 9.82. The number of rotatable bonds is 4. The maximum Gasteiger partial charge on any atom is 0.325 e. The lowest BCUT2D eigenvalue weighted by Gasteiger charge is -2.30. The first kappa shape index (κ1) is 17.1. The zero-order valence-electron chi connectivity index (χ0n) is 14.9. The zero-order valence-corrected chi connectivity index (χ0v) is 14.9. The summed E-state index contributed by atoms with van der Waals surface area (Å²) in [6, 6.07) is 1.60. The summed E-state index contributed by atoms with van der Waals surface area (Å²) in [5.74, 6) is -0.0101. The third-order valence-corrected chi connectivity index (χ3v) is 5.86. The van der Waals surface area contributed by atoms with Gasteiger partial charge in [-0.2, -0.15) is 5.10 Å². The topological polar surface area (TPSA) is 96.3 Å². The van der Waals surface area contributed by atoms with Crippen molar-refractivity contribution in [1.82, 2.24) is 20.0 Å². The molecule has 26 heavy (non-hydrogen) atoms. The second-order valence-corrected chi connectivity index (χ2v) is 7.61. The number of aromatic nitrogens is 2. The van der Waals surface area contributed by atoms with Crippen molar-refractivity contribution in [3.63, 3.8) is 0 Å². The lowest BCUT2D eigenvalue weighted by molar-refractivity contribution is -0.134. The van der Waals surface area contributed by atoms with E-state index in [1.54, 1.807) is 12.3 Å². The van der Waals surface area contributed by atoms with Crippen LogP contribution >= 0.6 is 0 Å². The summed E-state index contributed by atoms with van der Waals surface area (Å²) in [5, 5.41) is 9.97. The van der Waals surface area contributed by atoms with E-state index in [1.807, 2.05) is 4.68 Å². The number of hydrogen-bond donors (Lipinski definition) is 2. The molecule has 0 bridgehead atoms. The maximum absolute atomic E-state index is 12.8. The van der Waals surface area contributed by atoms with Gasteiger partial charge in [-0.15, -0.1) is 0 Å². The lowest BCUT2D eigenvalue weighted by Crippen LogP contribution is -2.48. The van der Waals surface area contributed by atoms with Crippen molar-refractivity contribution in [2.24, 2.45) is 0 Å². The fraction of sp³-hybridized carbons (Fsp3) is 0.667. The summed E-state index contributed by atoms with van der Waals surface area (Å²) < 4.78 is 1.85. The molecule has 2 heterocycles. The molecule has 0 radical (unpaired) electrons. The molecule has 0 atom stereocenters. The van der Waals surface area contributed by atoms with Gasteiger partial charge in [-0.3, -0.25) is 14.5 Å². The predicted octanol–water partition coefficient (Wildman–Crippen LogP) is 2.19. The van der Waals surface area contributed by atoms with Gasteiger partial charge in [-0.25, -0.2) is 9.48 Å². The van der Waals surface area contributed by atoms with E-state index in [9.17, 15) is 14.4 Å². The number of carbonyl (C=O) groups is 3. The van der Waals surface area contributed by atoms with Gasteiger partial charge < -0.3 is 10.6 Å². The van der Waals surface area contributed by atoms with Crippen molar-refractivity contribution in [2.45, 2.75) is 69.4 Å². The molecule has 8 nitrogen and oxygen atoms in total. The van der Waals surface area contributed by atoms with Crippen LogP contribution in [0.1, 0.15) is 63.8 Å². The maximum atomic E-state index is 12.8. The molecule has 2 aliphatic carbocycles. The first-order valence-corrected chi connectivity index (χ1v) is 9.56. The Labute approximate surface area is 152 Å². The molecule has 2 saturated carbocycles. The van der Waals surface area contributed by atoms with Gasteiger partial charge in [-0.1, -0.05) is 32.1 Å². The molecular weight excluding hydrogens is 334 g/mol. The minimum atomic E-state index is -0.790. The molecule has 0 aromatic carbocycles. The number of nitrogens with one attached hydrogen (secondary N) is 2. The van der Waals surface area contributed by atoms with Crippen LogP contribution < -0.4 is 10.6 Å². The van der Waals surface area contributed by atoms with Crippen LogP contribution in [-0.2, 0) is 9.59 Å². The van der Waals surface area contributed by atoms with Gasteiger partial charge in [-0.05, 0) is 25.7 Å². The first-order valence-electron chi connectivity index (χ1n) is 9.56. The SMILES string of the molecule is O=C(CN1C(=O)NC2(CCCCC2)C1=O)Nc1ccnn1C1CCCC1. The Kier molecular flexibility index (Phi) is 4.42. The molecule has 4 amide bonds. The molecular formula is C18H25N5O3. The van der Waals surface area contributed by atoms with Crippen molar-refractivity contribution < 1.29 is 14.4 Å². The zero-order chi connectivity index (χ0) is 18.1. The van der Waals surface area contributed by atoms with E-state index in [2.05, 4.69) is 15.7 Å². The van der Waals surface area contributed by atoms with Gasteiger partial charge in [0.1, 0.15) is 17.9 Å². The fourth-order valence-corrected chi connectivity index (χ4v) is 4.49. The molecule has 2 N–H and O–H groups in total. The molecule has 1 aromatic rings. The van der Waals surface area contributed by atoms with E-state index >= 15 is 0 Å². The molecule has 8 heteroatoms. The highest BCUT2D eigenvalue weighted by Gasteiger charge is 2.51. The van der Waals surface area contributed by atoms with Crippen LogP contribution in [0.15, 0.2) is 12.3 Å². The highest BCUT2D eigenvalue weighted by Crippen LogP contribution is 2.34. The Morgan fingerprint density at radius 1 is 1.19 bits per heavy atom. The molecule has 1 spiro atoms. The van der Waals surface area contributed by atoms with E-state index in [0.29, 0.717) is 24.7 Å². The van der Waals surface area contributed by atoms with E-state index in [-0.39, 0.29) is 18.4 Å². The van der Waals surface area contributed by atoms with Gasteiger partial charge in [0.05, 0.1) is 12.2 Å². The average molecular weight is 359 g/mol. The van der Waals surface area contributed by atoms with Crippen molar-refractivity contribution in [2.75, 3.05) is 11.9 Å². The quantitative estimate of drug-likeness (QED) is 0.806. The third-order valence-electron chi connectivity index (χ3n) is 5.86. The summed E-state index contributed by atoms with van der Waals surface area (Å²) in [7, 11) is 0. The molecule has 1 aromatic heterocycles. The molecule has 1 aliphatic heterocycles. The summed E-state index contributed by atoms with van der Waals surface area (Å²) in [6.07, 6.45) is 10.4. The Bertz CT molecular complexity index is 716. The molecule has 4 rings (SSSR count). The smallest absolute Gasteiger partial charge is 0.323 e. The van der Waals surface area contributed by atoms with E-state index < -0.39 is 11.6 Å². The number of urea groups is 1. The Hall–Kier alpha value is -2.38. The van der Waals surface area contributed by atoms with Crippen LogP contribution in [0, 0.1) is 0 Å². The second-order valence-electron chi connectivity index (χ2n) is 7.61. The molecule has 140 valence electrons. The third kappa shape index (κ3) is 2.97. The number of anilines is 1. The Morgan fingerprint density at radius 3 is 2.65 bits per heavy atom. The standard InChI is InChI=1S/C18H25N5O3/c24-15(20-14-8-11-19-23(14)13-6-2-3-7-13)12-22-16(25)18(21-17(22)26)9-4-1-5-10-18/h8,11,13H,1-7,9-10,12H2,(H,20,24)(H,21,26). The van der Waals surface area contributed by atoms with Gasteiger partial charge in [0, 0.05) is 6.07 Å². The molecule has 1 saturated heterocycles. The summed E-state index contributed by atoms with van der Waals surface area (Å²) in [6.45, 7) is -0.262. The van der Waals surface area contributed by atoms with Gasteiger partial charge >= 0.3 is 6.03 Å². The predicted molar refractivity (Wildman–Crippen MR) is 94.4 cm³/mol. The highest BCUT2D eigenvalue weighted by molar-refractivity contribution is 6.10. The summed E-state index contributed by atoms with van der Waals surface area (Å²) in [5.41, 5.74) is -0.790. The van der Waals surface area contributed by atoms with E-state index in [0.717, 1.165) is 37.0 Å². The van der Waals surface area contributed by atoms with Crippen molar-refractivity contribution >= 4 is 23.7 Å². The van der Waals surface area contributed by atoms with E-state index in [1.165, 1.54) is 12.8 Å². The number of imide groups is 1. The van der Waals surface area contributed by atoms with Crippen molar-refractivity contribution in [3.8, 4) is 0 Å². The summed E-state index contributed by atoms with van der Waals surface area (Å²) in [4.78, 5) is 38.5. The van der Waals surface area contributed by atoms with Crippen LogP contribution in [-0.4, -0.2) is 44.6 Å². The normalized spacial score (nSPS) is 22.8. The minimum absolute atomic E-state index is 0.262. The number of carbonyl (C=O) groups excluding carboxylic acids is 3. The van der Waals surface area contributed by atoms with Crippen LogP contribution in [0.3, 0.4) is 0 Å². The molecule has 3 fully saturated rings. The Balaban J connectivity index is 1.41. The van der Waals surface area contributed by atoms with Crippen LogP contribution in [0.5, 0.6) is 0 Å². The number of hydrogen-bond acceptors (Lipinski definition) is 4. The molecule has 3 aliphatic rings. The Morgan fingerprint density at radius 2 is 1.92 bits per heavy atom. The monoisotopic (exact) mass is 359 g/mol. The van der Waals surface area contributed by atoms with Gasteiger partial charge in [0.15, 0.2) is 0 Å². The van der Waals surface area contributed by atoms with Crippen LogP contribution in [0.4, 0.5) is 10.6 Å². The largest absolute Gasteiger partial charge is 0.325 e. The number of amides is 4. The fourth-order valence-electron chi connectivity index (χ4n) is 4.49. The molecule has 0 unspecified atom stereocenters. The summed E-state index contributed by atoms with van der Waals surface area (Å²) >= 11 is 0. The second kappa shape index (κ2) is 6.74. The first-order chi connectivity index (χ1) is 12.6. The van der Waals surface area contributed by atoms with Crippen molar-refractivity contribution in [3.05, 3.63) is 12.3 Å².